The highest BCUT2D eigenvalue weighted by atomic mass is 19.4. The average Bonchev–Trinajstić information content (AvgIpc) is 3.09. The quantitative estimate of drug-likeness (QED) is 0.257. The second-order valence-electron chi connectivity index (χ2n) is 6.77. The fraction of sp³-hybridized carbons (Fsp3) is 1.00. The van der Waals surface area contributed by atoms with Gasteiger partial charge in [0, 0.05) is 26.2 Å². The number of hydrogen-bond donors (Lipinski definition) is 0. The van der Waals surface area contributed by atoms with Crippen LogP contribution in [0.4, 0.5) is 48.3 Å². The van der Waals surface area contributed by atoms with E-state index in [0.29, 0.717) is 19.6 Å². The minimum Gasteiger partial charge on any atom is -0.381 e. The molecule has 0 spiro atoms. The molecule has 0 aromatic heterocycles. The standard InChI is InChI=1S/C16H21F11O2/c17-12(18,13(19,20)14(21,22)15(23,24)16(25,26)27)7-2-1-3-8-28-10-6-11-5-4-9-29-11/h11H,1-10H2. The van der Waals surface area contributed by atoms with Crippen molar-refractivity contribution in [2.45, 2.75) is 80.9 Å². The van der Waals surface area contributed by atoms with E-state index in [1.807, 2.05) is 0 Å². The molecule has 174 valence electrons. The van der Waals surface area contributed by atoms with Crippen LogP contribution in [0, 0.1) is 0 Å². The molecule has 0 aliphatic carbocycles. The van der Waals surface area contributed by atoms with Crippen LogP contribution >= 0.6 is 0 Å². The van der Waals surface area contributed by atoms with Crippen molar-refractivity contribution in [3.8, 4) is 0 Å². The molecule has 1 heterocycles. The van der Waals surface area contributed by atoms with E-state index < -0.39 is 42.7 Å². The highest BCUT2D eigenvalue weighted by Crippen LogP contribution is 2.58. The number of unbranched alkanes of at least 4 members (excludes halogenated alkanes) is 2. The van der Waals surface area contributed by atoms with Crippen LogP contribution in [0.1, 0.15) is 44.9 Å². The van der Waals surface area contributed by atoms with Crippen LogP contribution in [0.25, 0.3) is 0 Å². The van der Waals surface area contributed by atoms with Crippen LogP contribution in [0.5, 0.6) is 0 Å². The Hall–Kier alpha value is -0.850. The Bertz CT molecular complexity index is 500. The van der Waals surface area contributed by atoms with Crippen molar-refractivity contribution in [2.24, 2.45) is 0 Å². The van der Waals surface area contributed by atoms with E-state index in [1.165, 1.54) is 0 Å². The summed E-state index contributed by atoms with van der Waals surface area (Å²) in [6, 6.07) is 0. The third-order valence-electron chi connectivity index (χ3n) is 4.49. The van der Waals surface area contributed by atoms with Crippen molar-refractivity contribution < 1.29 is 57.8 Å². The first-order valence-corrected chi connectivity index (χ1v) is 8.85. The first kappa shape index (κ1) is 26.2. The van der Waals surface area contributed by atoms with Crippen molar-refractivity contribution in [2.75, 3.05) is 19.8 Å². The minimum atomic E-state index is -7.33. The van der Waals surface area contributed by atoms with E-state index in [4.69, 9.17) is 9.47 Å². The molecule has 1 saturated heterocycles. The van der Waals surface area contributed by atoms with Crippen molar-refractivity contribution in [1.29, 1.82) is 0 Å². The Morgan fingerprint density at radius 1 is 0.724 bits per heavy atom. The molecule has 0 amide bonds. The smallest absolute Gasteiger partial charge is 0.381 e. The first-order valence-electron chi connectivity index (χ1n) is 8.85. The molecular weight excluding hydrogens is 433 g/mol. The maximum Gasteiger partial charge on any atom is 0.460 e. The summed E-state index contributed by atoms with van der Waals surface area (Å²) < 4.78 is 151. The molecule has 0 aromatic rings. The van der Waals surface area contributed by atoms with Gasteiger partial charge in [-0.1, -0.05) is 6.42 Å². The van der Waals surface area contributed by atoms with Crippen molar-refractivity contribution in [1.82, 2.24) is 0 Å². The van der Waals surface area contributed by atoms with Crippen molar-refractivity contribution >= 4 is 0 Å². The largest absolute Gasteiger partial charge is 0.460 e. The third-order valence-corrected chi connectivity index (χ3v) is 4.49. The molecule has 1 atom stereocenters. The summed E-state index contributed by atoms with van der Waals surface area (Å²) in [6.45, 7) is 1.01. The Kier molecular flexibility index (Phi) is 8.60. The molecule has 0 bridgehead atoms. The van der Waals surface area contributed by atoms with Crippen LogP contribution in [0.2, 0.25) is 0 Å². The SMILES string of the molecule is FC(F)(F)C(F)(F)C(F)(F)C(F)(F)C(F)(F)CCCCCOCCC1CCCO1. The minimum absolute atomic E-state index is 0.0526. The molecule has 0 N–H and O–H groups in total. The number of alkyl halides is 11. The molecule has 1 aliphatic heterocycles. The Morgan fingerprint density at radius 3 is 1.86 bits per heavy atom. The monoisotopic (exact) mass is 454 g/mol. The van der Waals surface area contributed by atoms with Gasteiger partial charge in [0.15, 0.2) is 0 Å². The summed E-state index contributed by atoms with van der Waals surface area (Å²) in [7, 11) is 0. The van der Waals surface area contributed by atoms with E-state index in [0.717, 1.165) is 12.8 Å². The molecule has 1 unspecified atom stereocenters. The maximum absolute atomic E-state index is 13.4. The van der Waals surface area contributed by atoms with Crippen molar-refractivity contribution in [3.63, 3.8) is 0 Å². The summed E-state index contributed by atoms with van der Waals surface area (Å²) in [5.74, 6) is -27.3. The molecule has 0 saturated carbocycles. The fourth-order valence-corrected chi connectivity index (χ4v) is 2.68. The van der Waals surface area contributed by atoms with Gasteiger partial charge in [0.2, 0.25) is 0 Å². The van der Waals surface area contributed by atoms with Gasteiger partial charge >= 0.3 is 29.9 Å². The predicted octanol–water partition coefficient (Wildman–Crippen LogP) is 6.24. The van der Waals surface area contributed by atoms with Crippen LogP contribution < -0.4 is 0 Å². The van der Waals surface area contributed by atoms with Gasteiger partial charge in [0.05, 0.1) is 6.10 Å². The summed E-state index contributed by atoms with van der Waals surface area (Å²) in [5.41, 5.74) is 0. The van der Waals surface area contributed by atoms with Crippen molar-refractivity contribution in [3.05, 3.63) is 0 Å². The summed E-state index contributed by atoms with van der Waals surface area (Å²) >= 11 is 0. The second-order valence-corrected chi connectivity index (χ2v) is 6.77. The Balaban J connectivity index is 2.45. The first-order chi connectivity index (χ1) is 13.1. The summed E-state index contributed by atoms with van der Waals surface area (Å²) in [6.07, 6.45) is -7.56. The lowest BCUT2D eigenvalue weighted by Crippen LogP contribution is -2.66. The van der Waals surface area contributed by atoms with E-state index >= 15 is 0 Å². The van der Waals surface area contributed by atoms with Gasteiger partial charge in [-0.2, -0.15) is 48.3 Å². The Morgan fingerprint density at radius 2 is 1.34 bits per heavy atom. The molecule has 0 aromatic carbocycles. The van der Waals surface area contributed by atoms with E-state index in [9.17, 15) is 48.3 Å². The average molecular weight is 454 g/mol. The van der Waals surface area contributed by atoms with Gasteiger partial charge < -0.3 is 9.47 Å². The Labute approximate surface area is 159 Å². The van der Waals surface area contributed by atoms with Crippen LogP contribution in [0.15, 0.2) is 0 Å². The molecule has 1 rings (SSSR count). The predicted molar refractivity (Wildman–Crippen MR) is 78.7 cm³/mol. The molecule has 1 aliphatic rings. The molecule has 13 heteroatoms. The molecular formula is C16H21F11O2. The number of ether oxygens (including phenoxy) is 2. The van der Waals surface area contributed by atoms with E-state index in [2.05, 4.69) is 0 Å². The van der Waals surface area contributed by atoms with Gasteiger partial charge in [0.1, 0.15) is 0 Å². The van der Waals surface area contributed by atoms with Gasteiger partial charge in [-0.3, -0.25) is 0 Å². The van der Waals surface area contributed by atoms with Crippen LogP contribution in [0.3, 0.4) is 0 Å². The fourth-order valence-electron chi connectivity index (χ4n) is 2.68. The zero-order valence-electron chi connectivity index (χ0n) is 15.1. The third kappa shape index (κ3) is 5.86. The van der Waals surface area contributed by atoms with Gasteiger partial charge in [-0.25, -0.2) is 0 Å². The highest BCUT2D eigenvalue weighted by Gasteiger charge is 2.86. The van der Waals surface area contributed by atoms with E-state index in [1.54, 1.807) is 0 Å². The lowest BCUT2D eigenvalue weighted by atomic mass is 9.94. The molecule has 0 radical (unpaired) electrons. The second kappa shape index (κ2) is 9.52. The summed E-state index contributed by atoms with van der Waals surface area (Å²) in [5, 5.41) is 0. The molecule has 29 heavy (non-hydrogen) atoms. The topological polar surface area (TPSA) is 18.5 Å². The van der Waals surface area contributed by atoms with E-state index in [-0.39, 0.29) is 25.6 Å². The van der Waals surface area contributed by atoms with Gasteiger partial charge in [-0.05, 0) is 32.1 Å². The van der Waals surface area contributed by atoms with Crippen LogP contribution in [-0.2, 0) is 9.47 Å². The van der Waals surface area contributed by atoms with Crippen LogP contribution in [-0.4, -0.2) is 55.8 Å². The van der Waals surface area contributed by atoms with Gasteiger partial charge in [-0.15, -0.1) is 0 Å². The zero-order valence-corrected chi connectivity index (χ0v) is 15.1. The molecule has 2 nitrogen and oxygen atoms in total. The van der Waals surface area contributed by atoms with Gasteiger partial charge in [0.25, 0.3) is 0 Å². The lowest BCUT2D eigenvalue weighted by molar-refractivity contribution is -0.422. The maximum atomic E-state index is 13.4. The number of rotatable bonds is 12. The normalized spacial score (nSPS) is 19.8. The lowest BCUT2D eigenvalue weighted by Gasteiger charge is -2.37. The summed E-state index contributed by atoms with van der Waals surface area (Å²) in [4.78, 5) is 0. The number of hydrogen-bond acceptors (Lipinski definition) is 2. The molecule has 1 fully saturated rings. The highest BCUT2D eigenvalue weighted by molar-refractivity contribution is 5.06. The number of halogens is 11. The zero-order chi connectivity index (χ0) is 22.6.